The lowest BCUT2D eigenvalue weighted by Crippen LogP contribution is -2.43. The molecule has 5 nitrogen and oxygen atoms in total. The highest BCUT2D eigenvalue weighted by atomic mass is 16.4. The number of carbonyl (C=O) groups is 2. The van der Waals surface area contributed by atoms with Crippen molar-refractivity contribution in [2.45, 2.75) is 45.4 Å². The molecule has 0 spiro atoms. The smallest absolute Gasteiger partial charge is 0.323 e. The molecule has 0 aliphatic heterocycles. The lowest BCUT2D eigenvalue weighted by molar-refractivity contribution is -0.137. The van der Waals surface area contributed by atoms with Crippen LogP contribution in [0.25, 0.3) is 0 Å². The number of nitrogens with one attached hydrogen (secondary N) is 1. The molecule has 0 aromatic rings. The first-order chi connectivity index (χ1) is 8.63. The van der Waals surface area contributed by atoms with E-state index in [2.05, 4.69) is 5.32 Å². The number of carboxylic acids is 1. The lowest BCUT2D eigenvalue weighted by Gasteiger charge is -2.23. The molecule has 104 valence electrons. The summed E-state index contributed by atoms with van der Waals surface area (Å²) >= 11 is 0. The van der Waals surface area contributed by atoms with Gasteiger partial charge in [-0.25, -0.2) is 4.79 Å². The second-order valence-corrected chi connectivity index (χ2v) is 4.93. The molecule has 0 aromatic heterocycles. The summed E-state index contributed by atoms with van der Waals surface area (Å²) < 4.78 is 0. The van der Waals surface area contributed by atoms with Gasteiger partial charge in [-0.1, -0.05) is 32.1 Å². The van der Waals surface area contributed by atoms with Crippen molar-refractivity contribution in [1.29, 1.82) is 0 Å². The Kier molecular flexibility index (Phi) is 6.54. The van der Waals surface area contributed by atoms with Crippen molar-refractivity contribution in [3.8, 4) is 0 Å². The number of rotatable bonds is 6. The van der Waals surface area contributed by atoms with Gasteiger partial charge in [-0.15, -0.1) is 0 Å². The third-order valence-electron chi connectivity index (χ3n) is 3.55. The van der Waals surface area contributed by atoms with E-state index in [0.717, 1.165) is 12.3 Å². The van der Waals surface area contributed by atoms with Gasteiger partial charge >= 0.3 is 12.0 Å². The van der Waals surface area contributed by atoms with Gasteiger partial charge in [0.25, 0.3) is 0 Å². The van der Waals surface area contributed by atoms with Gasteiger partial charge in [0, 0.05) is 13.1 Å². The summed E-state index contributed by atoms with van der Waals surface area (Å²) in [5.41, 5.74) is 0. The zero-order valence-electron chi connectivity index (χ0n) is 11.2. The summed E-state index contributed by atoms with van der Waals surface area (Å²) in [6.45, 7) is 2.62. The van der Waals surface area contributed by atoms with Crippen LogP contribution < -0.4 is 5.32 Å². The fourth-order valence-electron chi connectivity index (χ4n) is 2.46. The molecule has 5 heteroatoms. The van der Waals surface area contributed by atoms with E-state index in [1.54, 1.807) is 6.92 Å². The molecule has 1 aliphatic rings. The molecule has 0 bridgehead atoms. The van der Waals surface area contributed by atoms with E-state index in [-0.39, 0.29) is 12.6 Å². The van der Waals surface area contributed by atoms with Crippen LogP contribution in [0.15, 0.2) is 0 Å². The first kappa shape index (κ1) is 14.8. The highest BCUT2D eigenvalue weighted by Gasteiger charge is 2.16. The molecule has 0 atom stereocenters. The van der Waals surface area contributed by atoms with Gasteiger partial charge in [-0.3, -0.25) is 4.79 Å². The number of carboxylic acid groups (broad SMARTS) is 1. The Morgan fingerprint density at radius 1 is 1.28 bits per heavy atom. The average Bonchev–Trinajstić information content (AvgIpc) is 2.36. The van der Waals surface area contributed by atoms with Crippen molar-refractivity contribution in [3.05, 3.63) is 0 Å². The van der Waals surface area contributed by atoms with E-state index in [4.69, 9.17) is 5.11 Å². The van der Waals surface area contributed by atoms with Gasteiger partial charge in [-0.2, -0.15) is 0 Å². The number of hydrogen-bond donors (Lipinski definition) is 2. The standard InChI is InChI=1S/C13H24N2O3/c1-2-15(10-12(16)17)13(18)14-9-8-11-6-4-3-5-7-11/h11H,2-10H2,1H3,(H,14,18)(H,16,17). The quantitative estimate of drug-likeness (QED) is 0.764. The third-order valence-corrected chi connectivity index (χ3v) is 3.55. The van der Waals surface area contributed by atoms with Crippen molar-refractivity contribution >= 4 is 12.0 Å². The van der Waals surface area contributed by atoms with Crippen LogP contribution >= 0.6 is 0 Å². The molecule has 1 rings (SSSR count). The van der Waals surface area contributed by atoms with Crippen molar-refractivity contribution in [3.63, 3.8) is 0 Å². The number of amides is 2. The largest absolute Gasteiger partial charge is 0.480 e. The summed E-state index contributed by atoms with van der Waals surface area (Å²) in [6, 6.07) is -0.268. The van der Waals surface area contributed by atoms with Crippen molar-refractivity contribution in [2.75, 3.05) is 19.6 Å². The molecule has 1 aliphatic carbocycles. The SMILES string of the molecule is CCN(CC(=O)O)C(=O)NCCC1CCCCC1. The zero-order valence-corrected chi connectivity index (χ0v) is 11.2. The van der Waals surface area contributed by atoms with Gasteiger partial charge < -0.3 is 15.3 Å². The normalized spacial score (nSPS) is 16.3. The van der Waals surface area contributed by atoms with E-state index >= 15 is 0 Å². The van der Waals surface area contributed by atoms with Crippen LogP contribution in [0.2, 0.25) is 0 Å². The lowest BCUT2D eigenvalue weighted by atomic mass is 9.87. The highest BCUT2D eigenvalue weighted by Crippen LogP contribution is 2.25. The molecular weight excluding hydrogens is 232 g/mol. The summed E-state index contributed by atoms with van der Waals surface area (Å²) in [5, 5.41) is 11.5. The van der Waals surface area contributed by atoms with Crippen LogP contribution in [0.5, 0.6) is 0 Å². The molecule has 0 saturated heterocycles. The number of hydrogen-bond acceptors (Lipinski definition) is 2. The minimum Gasteiger partial charge on any atom is -0.480 e. The van der Waals surface area contributed by atoms with Crippen molar-refractivity contribution < 1.29 is 14.7 Å². The second kappa shape index (κ2) is 7.95. The molecular formula is C13H24N2O3. The Morgan fingerprint density at radius 2 is 1.94 bits per heavy atom. The topological polar surface area (TPSA) is 69.6 Å². The van der Waals surface area contributed by atoms with E-state index in [0.29, 0.717) is 13.1 Å². The van der Waals surface area contributed by atoms with E-state index < -0.39 is 5.97 Å². The van der Waals surface area contributed by atoms with Crippen LogP contribution in [0, 0.1) is 5.92 Å². The number of aliphatic carboxylic acids is 1. The Balaban J connectivity index is 2.20. The summed E-state index contributed by atoms with van der Waals surface area (Å²) in [5.74, 6) is -0.243. The minimum atomic E-state index is -0.973. The molecule has 0 radical (unpaired) electrons. The summed E-state index contributed by atoms with van der Waals surface area (Å²) in [7, 11) is 0. The van der Waals surface area contributed by atoms with Gasteiger partial charge in [0.05, 0.1) is 0 Å². The van der Waals surface area contributed by atoms with Gasteiger partial charge in [0.15, 0.2) is 0 Å². The molecule has 1 fully saturated rings. The number of nitrogens with zero attached hydrogens (tertiary/aromatic N) is 1. The number of carbonyl (C=O) groups excluding carboxylic acids is 1. The molecule has 2 amide bonds. The molecule has 0 heterocycles. The predicted molar refractivity (Wildman–Crippen MR) is 69.5 cm³/mol. The van der Waals surface area contributed by atoms with Gasteiger partial charge in [-0.05, 0) is 19.3 Å². The first-order valence-corrected chi connectivity index (χ1v) is 6.88. The Hall–Kier alpha value is -1.26. The zero-order chi connectivity index (χ0) is 13.4. The highest BCUT2D eigenvalue weighted by molar-refractivity contribution is 5.79. The average molecular weight is 256 g/mol. The fourth-order valence-corrected chi connectivity index (χ4v) is 2.46. The molecule has 18 heavy (non-hydrogen) atoms. The Morgan fingerprint density at radius 3 is 2.50 bits per heavy atom. The number of urea groups is 1. The molecule has 2 N–H and O–H groups in total. The van der Waals surface area contributed by atoms with Crippen molar-refractivity contribution in [1.82, 2.24) is 10.2 Å². The Labute approximate surface area is 109 Å². The maximum absolute atomic E-state index is 11.7. The summed E-state index contributed by atoms with van der Waals surface area (Å²) in [6.07, 6.45) is 7.49. The monoisotopic (exact) mass is 256 g/mol. The van der Waals surface area contributed by atoms with Crippen LogP contribution in [-0.4, -0.2) is 41.6 Å². The molecule has 0 aromatic carbocycles. The van der Waals surface area contributed by atoms with E-state index in [9.17, 15) is 9.59 Å². The fraction of sp³-hybridized carbons (Fsp3) is 0.846. The van der Waals surface area contributed by atoms with E-state index in [1.807, 2.05) is 0 Å². The predicted octanol–water partition coefficient (Wildman–Crippen LogP) is 2.07. The van der Waals surface area contributed by atoms with Gasteiger partial charge in [0.2, 0.25) is 0 Å². The first-order valence-electron chi connectivity index (χ1n) is 6.88. The maximum atomic E-state index is 11.7. The maximum Gasteiger partial charge on any atom is 0.323 e. The minimum absolute atomic E-state index is 0.230. The van der Waals surface area contributed by atoms with Gasteiger partial charge in [0.1, 0.15) is 6.54 Å². The molecule has 0 unspecified atom stereocenters. The third kappa shape index (κ3) is 5.38. The Bertz CT molecular complexity index is 275. The van der Waals surface area contributed by atoms with Crippen molar-refractivity contribution in [2.24, 2.45) is 5.92 Å². The number of likely N-dealkylation sites (N-methyl/N-ethyl adjacent to an activating group) is 1. The molecule has 1 saturated carbocycles. The van der Waals surface area contributed by atoms with Crippen LogP contribution in [0.3, 0.4) is 0 Å². The second-order valence-electron chi connectivity index (χ2n) is 4.93. The summed E-state index contributed by atoms with van der Waals surface area (Å²) in [4.78, 5) is 23.6. The van der Waals surface area contributed by atoms with Crippen LogP contribution in [0.1, 0.15) is 45.4 Å². The van der Waals surface area contributed by atoms with Crippen LogP contribution in [-0.2, 0) is 4.79 Å². The van der Waals surface area contributed by atoms with E-state index in [1.165, 1.54) is 37.0 Å². The van der Waals surface area contributed by atoms with Crippen LogP contribution in [0.4, 0.5) is 4.79 Å².